The molecule has 0 unspecified atom stereocenters. The van der Waals surface area contributed by atoms with Crippen molar-refractivity contribution in [2.45, 2.75) is 6.54 Å². The highest BCUT2D eigenvalue weighted by molar-refractivity contribution is 5.85. The van der Waals surface area contributed by atoms with Crippen LogP contribution < -0.4 is 15.4 Å². The van der Waals surface area contributed by atoms with Gasteiger partial charge in [0.05, 0.1) is 6.54 Å². The van der Waals surface area contributed by atoms with E-state index < -0.39 is 5.91 Å². The normalized spacial score (nSPS) is 9.96. The summed E-state index contributed by atoms with van der Waals surface area (Å²) in [6.45, 7) is 0.0394. The fourth-order valence-corrected chi connectivity index (χ4v) is 1.77. The van der Waals surface area contributed by atoms with Crippen LogP contribution in [0, 0.1) is 5.82 Å². The van der Waals surface area contributed by atoms with Gasteiger partial charge in [-0.2, -0.15) is 0 Å². The van der Waals surface area contributed by atoms with Gasteiger partial charge in [-0.25, -0.2) is 4.39 Å². The Labute approximate surface area is 133 Å². The molecular formula is C17H17FN2O3. The molecule has 0 saturated heterocycles. The summed E-state index contributed by atoms with van der Waals surface area (Å²) in [5.41, 5.74) is 0.979. The summed E-state index contributed by atoms with van der Waals surface area (Å²) >= 11 is 0. The highest BCUT2D eigenvalue weighted by Crippen LogP contribution is 2.10. The molecule has 23 heavy (non-hydrogen) atoms. The molecule has 5 nitrogen and oxygen atoms in total. The first-order valence-corrected chi connectivity index (χ1v) is 7.09. The van der Waals surface area contributed by atoms with Gasteiger partial charge in [0.2, 0.25) is 5.91 Å². The van der Waals surface area contributed by atoms with E-state index >= 15 is 0 Å². The maximum atomic E-state index is 12.7. The van der Waals surface area contributed by atoms with Gasteiger partial charge in [-0.15, -0.1) is 0 Å². The van der Waals surface area contributed by atoms with Crippen molar-refractivity contribution in [2.75, 3.05) is 13.2 Å². The molecule has 0 heterocycles. The Morgan fingerprint density at radius 1 is 0.913 bits per heavy atom. The second-order valence-corrected chi connectivity index (χ2v) is 4.78. The number of ether oxygens (including phenoxy) is 1. The molecular weight excluding hydrogens is 299 g/mol. The molecule has 0 spiro atoms. The first-order valence-electron chi connectivity index (χ1n) is 7.09. The maximum Gasteiger partial charge on any atom is 0.258 e. The van der Waals surface area contributed by atoms with Crippen molar-refractivity contribution >= 4 is 11.8 Å². The van der Waals surface area contributed by atoms with Gasteiger partial charge in [-0.05, 0) is 29.8 Å². The minimum absolute atomic E-state index is 0.127. The zero-order valence-electron chi connectivity index (χ0n) is 12.4. The number of hydrogen-bond acceptors (Lipinski definition) is 3. The average molecular weight is 316 g/mol. The van der Waals surface area contributed by atoms with E-state index in [9.17, 15) is 14.0 Å². The monoisotopic (exact) mass is 316 g/mol. The number of carbonyl (C=O) groups is 2. The fourth-order valence-electron chi connectivity index (χ4n) is 1.77. The molecule has 2 amide bonds. The van der Waals surface area contributed by atoms with Crippen LogP contribution in [0.3, 0.4) is 0 Å². The molecule has 2 aromatic carbocycles. The topological polar surface area (TPSA) is 67.4 Å². The molecule has 0 aromatic heterocycles. The molecule has 0 aliphatic rings. The lowest BCUT2D eigenvalue weighted by Gasteiger charge is -2.08. The van der Waals surface area contributed by atoms with E-state index in [1.807, 2.05) is 30.3 Å². The molecule has 0 atom stereocenters. The summed E-state index contributed by atoms with van der Waals surface area (Å²) in [6, 6.07) is 14.8. The van der Waals surface area contributed by atoms with Crippen molar-refractivity contribution in [1.82, 2.24) is 10.6 Å². The number of rotatable bonds is 7. The molecule has 0 fully saturated rings. The van der Waals surface area contributed by atoms with E-state index in [2.05, 4.69) is 10.6 Å². The predicted molar refractivity (Wildman–Crippen MR) is 83.2 cm³/mol. The van der Waals surface area contributed by atoms with Crippen LogP contribution >= 0.6 is 0 Å². The fraction of sp³-hybridized carbons (Fsp3) is 0.176. The van der Waals surface area contributed by atoms with Crippen LogP contribution in [0.25, 0.3) is 0 Å². The highest BCUT2D eigenvalue weighted by Gasteiger charge is 2.06. The molecule has 2 rings (SSSR count). The summed E-state index contributed by atoms with van der Waals surface area (Å²) in [5, 5.41) is 5.15. The van der Waals surface area contributed by atoms with Crippen molar-refractivity contribution in [1.29, 1.82) is 0 Å². The maximum absolute atomic E-state index is 12.7. The van der Waals surface area contributed by atoms with Gasteiger partial charge in [0.25, 0.3) is 5.91 Å². The lowest BCUT2D eigenvalue weighted by atomic mass is 10.2. The van der Waals surface area contributed by atoms with E-state index in [0.717, 1.165) is 5.56 Å². The summed E-state index contributed by atoms with van der Waals surface area (Å²) in [7, 11) is 0. The first kappa shape index (κ1) is 16.5. The van der Waals surface area contributed by atoms with E-state index in [4.69, 9.17) is 4.74 Å². The summed E-state index contributed by atoms with van der Waals surface area (Å²) < 4.78 is 17.9. The SMILES string of the molecule is O=C(CNC(=O)COc1ccc(F)cc1)NCc1ccccc1. The van der Waals surface area contributed by atoms with E-state index in [0.29, 0.717) is 12.3 Å². The molecule has 0 saturated carbocycles. The molecule has 120 valence electrons. The lowest BCUT2D eigenvalue weighted by molar-refractivity contribution is -0.127. The van der Waals surface area contributed by atoms with Crippen LogP contribution in [0.1, 0.15) is 5.56 Å². The quantitative estimate of drug-likeness (QED) is 0.816. The standard InChI is InChI=1S/C17H17FN2O3/c18-14-6-8-15(9-7-14)23-12-17(22)20-11-16(21)19-10-13-4-2-1-3-5-13/h1-9H,10-12H2,(H,19,21)(H,20,22). The van der Waals surface area contributed by atoms with Gasteiger partial charge >= 0.3 is 0 Å². The highest BCUT2D eigenvalue weighted by atomic mass is 19.1. The molecule has 6 heteroatoms. The van der Waals surface area contributed by atoms with Crippen LogP contribution in [-0.4, -0.2) is 25.0 Å². The molecule has 0 bridgehead atoms. The molecule has 0 aliphatic heterocycles. The number of amides is 2. The second-order valence-electron chi connectivity index (χ2n) is 4.78. The Kier molecular flexibility index (Phi) is 6.11. The number of carbonyl (C=O) groups excluding carboxylic acids is 2. The zero-order valence-corrected chi connectivity index (χ0v) is 12.4. The number of hydrogen-bond donors (Lipinski definition) is 2. The van der Waals surface area contributed by atoms with Crippen LogP contribution in [0.2, 0.25) is 0 Å². The Morgan fingerprint density at radius 3 is 2.30 bits per heavy atom. The Balaban J connectivity index is 1.63. The average Bonchev–Trinajstić information content (AvgIpc) is 2.58. The number of halogens is 1. The van der Waals surface area contributed by atoms with Gasteiger partial charge in [-0.3, -0.25) is 9.59 Å². The third kappa shape index (κ3) is 6.17. The van der Waals surface area contributed by atoms with Crippen molar-refractivity contribution in [3.8, 4) is 5.75 Å². The minimum Gasteiger partial charge on any atom is -0.484 e. The minimum atomic E-state index is -0.427. The van der Waals surface area contributed by atoms with Crippen LogP contribution in [0.4, 0.5) is 4.39 Å². The van der Waals surface area contributed by atoms with Gasteiger partial charge in [0.15, 0.2) is 6.61 Å². The molecule has 0 radical (unpaired) electrons. The Morgan fingerprint density at radius 2 is 1.61 bits per heavy atom. The van der Waals surface area contributed by atoms with E-state index in [-0.39, 0.29) is 24.9 Å². The smallest absolute Gasteiger partial charge is 0.258 e. The van der Waals surface area contributed by atoms with Crippen molar-refractivity contribution in [3.63, 3.8) is 0 Å². The largest absolute Gasteiger partial charge is 0.484 e. The van der Waals surface area contributed by atoms with Crippen LogP contribution in [0.15, 0.2) is 54.6 Å². The van der Waals surface area contributed by atoms with Gasteiger partial charge < -0.3 is 15.4 Å². The van der Waals surface area contributed by atoms with Gasteiger partial charge in [-0.1, -0.05) is 30.3 Å². The molecule has 0 aliphatic carbocycles. The zero-order chi connectivity index (χ0) is 16.5. The third-order valence-corrected chi connectivity index (χ3v) is 2.96. The van der Waals surface area contributed by atoms with Crippen LogP contribution in [0.5, 0.6) is 5.75 Å². The van der Waals surface area contributed by atoms with Gasteiger partial charge in [0, 0.05) is 6.54 Å². The first-order chi connectivity index (χ1) is 11.1. The van der Waals surface area contributed by atoms with Crippen LogP contribution in [-0.2, 0) is 16.1 Å². The summed E-state index contributed by atoms with van der Waals surface area (Å²) in [4.78, 5) is 23.2. The Hall–Kier alpha value is -2.89. The van der Waals surface area contributed by atoms with E-state index in [1.54, 1.807) is 0 Å². The van der Waals surface area contributed by atoms with Crippen molar-refractivity contribution < 1.29 is 18.7 Å². The number of benzene rings is 2. The number of nitrogens with one attached hydrogen (secondary N) is 2. The predicted octanol–water partition coefficient (Wildman–Crippen LogP) is 1.64. The van der Waals surface area contributed by atoms with Crippen molar-refractivity contribution in [3.05, 3.63) is 66.0 Å². The van der Waals surface area contributed by atoms with Crippen molar-refractivity contribution in [2.24, 2.45) is 0 Å². The Bertz CT molecular complexity index is 645. The molecule has 2 N–H and O–H groups in total. The second kappa shape index (κ2) is 8.53. The summed E-state index contributed by atoms with van der Waals surface area (Å²) in [6.07, 6.45) is 0. The third-order valence-electron chi connectivity index (χ3n) is 2.96. The lowest BCUT2D eigenvalue weighted by Crippen LogP contribution is -2.38. The van der Waals surface area contributed by atoms with Gasteiger partial charge in [0.1, 0.15) is 11.6 Å². The van der Waals surface area contributed by atoms with E-state index in [1.165, 1.54) is 24.3 Å². The molecule has 2 aromatic rings. The summed E-state index contributed by atoms with van der Waals surface area (Å²) in [5.74, 6) is -0.708.